The number of amidine groups is 1. The minimum atomic E-state index is -0.436. The van der Waals surface area contributed by atoms with Crippen LogP contribution in [0.4, 0.5) is 5.69 Å². The van der Waals surface area contributed by atoms with Crippen molar-refractivity contribution >= 4 is 23.4 Å². The average Bonchev–Trinajstić information content (AvgIpc) is 2.74. The molecular weight excluding hydrogens is 220 g/mol. The van der Waals surface area contributed by atoms with Crippen LogP contribution in [0, 0.1) is 0 Å². The Bertz CT molecular complexity index is 494. The molecule has 0 unspecified atom stereocenters. The van der Waals surface area contributed by atoms with Crippen molar-refractivity contribution in [3.8, 4) is 0 Å². The lowest BCUT2D eigenvalue weighted by molar-refractivity contribution is -0.118. The Morgan fingerprint density at radius 2 is 2.12 bits per heavy atom. The van der Waals surface area contributed by atoms with Crippen molar-refractivity contribution in [3.63, 3.8) is 0 Å². The lowest BCUT2D eigenvalue weighted by Gasteiger charge is -2.04. The molecule has 0 bridgehead atoms. The monoisotopic (exact) mass is 232 g/mol. The van der Waals surface area contributed by atoms with Gasteiger partial charge in [0.2, 0.25) is 5.91 Å². The Balaban J connectivity index is 2.32. The van der Waals surface area contributed by atoms with E-state index in [0.717, 1.165) is 0 Å². The van der Waals surface area contributed by atoms with Gasteiger partial charge in [-0.3, -0.25) is 4.79 Å². The summed E-state index contributed by atoms with van der Waals surface area (Å²) in [4.78, 5) is 26.8. The topological polar surface area (TPSA) is 67.8 Å². The van der Waals surface area contributed by atoms with Crippen LogP contribution < -0.4 is 5.32 Å². The molecule has 1 saturated heterocycles. The van der Waals surface area contributed by atoms with Gasteiger partial charge in [0.1, 0.15) is 5.84 Å². The molecule has 2 rings (SSSR count). The van der Waals surface area contributed by atoms with Crippen LogP contribution in [0.15, 0.2) is 29.3 Å². The highest BCUT2D eigenvalue weighted by Gasteiger charge is 2.17. The smallest absolute Gasteiger partial charge is 0.340 e. The van der Waals surface area contributed by atoms with Gasteiger partial charge in [-0.25, -0.2) is 9.79 Å². The van der Waals surface area contributed by atoms with Gasteiger partial charge >= 0.3 is 5.97 Å². The van der Waals surface area contributed by atoms with Crippen LogP contribution in [0.5, 0.6) is 0 Å². The van der Waals surface area contributed by atoms with Crippen molar-refractivity contribution < 1.29 is 14.3 Å². The van der Waals surface area contributed by atoms with Gasteiger partial charge < -0.3 is 10.1 Å². The second kappa shape index (κ2) is 4.78. The molecule has 88 valence electrons. The minimum Gasteiger partial charge on any atom is -0.465 e. The second-order valence-electron chi connectivity index (χ2n) is 3.62. The number of hydrogen-bond acceptors (Lipinski definition) is 4. The fourth-order valence-electron chi connectivity index (χ4n) is 1.60. The second-order valence-corrected chi connectivity index (χ2v) is 3.62. The number of carbonyl (C=O) groups is 2. The van der Waals surface area contributed by atoms with Gasteiger partial charge in [0, 0.05) is 12.8 Å². The Hall–Kier alpha value is -2.17. The maximum absolute atomic E-state index is 11.5. The van der Waals surface area contributed by atoms with Crippen LogP contribution in [0.2, 0.25) is 0 Å². The molecule has 0 spiro atoms. The first-order valence-electron chi connectivity index (χ1n) is 5.25. The van der Waals surface area contributed by atoms with E-state index in [1.165, 1.54) is 7.11 Å². The summed E-state index contributed by atoms with van der Waals surface area (Å²) >= 11 is 0. The third kappa shape index (κ3) is 2.50. The summed E-state index contributed by atoms with van der Waals surface area (Å²) in [7, 11) is 1.32. The summed E-state index contributed by atoms with van der Waals surface area (Å²) in [6, 6.07) is 6.87. The lowest BCUT2D eigenvalue weighted by Crippen LogP contribution is -2.19. The molecule has 1 fully saturated rings. The summed E-state index contributed by atoms with van der Waals surface area (Å²) < 4.78 is 4.67. The summed E-state index contributed by atoms with van der Waals surface area (Å²) in [5.74, 6) is 0.111. The maximum Gasteiger partial charge on any atom is 0.340 e. The zero-order chi connectivity index (χ0) is 12.3. The fourth-order valence-corrected chi connectivity index (χ4v) is 1.60. The molecule has 0 saturated carbocycles. The molecular formula is C12H12N2O3. The van der Waals surface area contributed by atoms with Gasteiger partial charge in [-0.15, -0.1) is 0 Å². The minimum absolute atomic E-state index is 0.0423. The van der Waals surface area contributed by atoms with E-state index in [2.05, 4.69) is 15.0 Å². The number of nitrogens with one attached hydrogen (secondary N) is 1. The SMILES string of the molecule is COC(=O)c1ccccc1N=C1CCC(=O)N1. The molecule has 5 heteroatoms. The molecule has 0 aliphatic carbocycles. The Morgan fingerprint density at radius 1 is 1.35 bits per heavy atom. The number of para-hydroxylation sites is 1. The van der Waals surface area contributed by atoms with E-state index in [-0.39, 0.29) is 5.91 Å². The average molecular weight is 232 g/mol. The van der Waals surface area contributed by atoms with E-state index >= 15 is 0 Å². The molecule has 1 aliphatic rings. The third-order valence-corrected chi connectivity index (χ3v) is 2.44. The van der Waals surface area contributed by atoms with E-state index < -0.39 is 5.97 Å². The van der Waals surface area contributed by atoms with Gasteiger partial charge in [0.05, 0.1) is 18.4 Å². The number of methoxy groups -OCH3 is 1. The first-order chi connectivity index (χ1) is 8.20. The van der Waals surface area contributed by atoms with Crippen molar-refractivity contribution in [3.05, 3.63) is 29.8 Å². The predicted octanol–water partition coefficient (Wildman–Crippen LogP) is 1.41. The van der Waals surface area contributed by atoms with Crippen LogP contribution in [-0.2, 0) is 9.53 Å². The largest absolute Gasteiger partial charge is 0.465 e. The number of rotatable bonds is 2. The molecule has 1 N–H and O–H groups in total. The highest BCUT2D eigenvalue weighted by atomic mass is 16.5. The normalized spacial score (nSPS) is 17.0. The van der Waals surface area contributed by atoms with Gasteiger partial charge in [0.25, 0.3) is 0 Å². The predicted molar refractivity (Wildman–Crippen MR) is 62.3 cm³/mol. The Morgan fingerprint density at radius 3 is 2.76 bits per heavy atom. The summed E-state index contributed by atoms with van der Waals surface area (Å²) in [6.45, 7) is 0. The number of esters is 1. The maximum atomic E-state index is 11.5. The van der Waals surface area contributed by atoms with Gasteiger partial charge in [-0.1, -0.05) is 12.1 Å². The number of nitrogens with zero attached hydrogens (tertiary/aromatic N) is 1. The number of carbonyl (C=O) groups excluding carboxylic acids is 2. The summed E-state index contributed by atoms with van der Waals surface area (Å²) in [5, 5.41) is 2.65. The number of aliphatic imine (C=N–C) groups is 1. The van der Waals surface area contributed by atoms with Crippen molar-refractivity contribution in [2.45, 2.75) is 12.8 Å². The van der Waals surface area contributed by atoms with Crippen molar-refractivity contribution in [2.75, 3.05) is 7.11 Å². The van der Waals surface area contributed by atoms with E-state index in [0.29, 0.717) is 29.9 Å². The van der Waals surface area contributed by atoms with E-state index in [4.69, 9.17) is 0 Å². The van der Waals surface area contributed by atoms with Gasteiger partial charge in [-0.2, -0.15) is 0 Å². The highest BCUT2D eigenvalue weighted by molar-refractivity contribution is 6.06. The molecule has 1 aromatic carbocycles. The Kier molecular flexibility index (Phi) is 3.18. The van der Waals surface area contributed by atoms with Crippen molar-refractivity contribution in [2.24, 2.45) is 4.99 Å². The quantitative estimate of drug-likeness (QED) is 0.784. The number of benzene rings is 1. The molecule has 0 aromatic heterocycles. The fraction of sp³-hybridized carbons (Fsp3) is 0.250. The van der Waals surface area contributed by atoms with Crippen LogP contribution in [0.1, 0.15) is 23.2 Å². The zero-order valence-electron chi connectivity index (χ0n) is 9.40. The summed E-state index contributed by atoms with van der Waals surface area (Å²) in [6.07, 6.45) is 1.02. The van der Waals surface area contributed by atoms with Crippen LogP contribution in [0.3, 0.4) is 0 Å². The third-order valence-electron chi connectivity index (χ3n) is 2.44. The standard InChI is InChI=1S/C12H12N2O3/c1-17-12(16)8-4-2-3-5-9(8)13-10-6-7-11(15)14-10/h2-5H,6-7H2,1H3,(H,13,14,15). The van der Waals surface area contributed by atoms with Crippen LogP contribution >= 0.6 is 0 Å². The number of ether oxygens (including phenoxy) is 1. The molecule has 0 atom stereocenters. The molecule has 1 aliphatic heterocycles. The molecule has 1 heterocycles. The summed E-state index contributed by atoms with van der Waals surface area (Å²) in [5.41, 5.74) is 0.903. The first-order valence-corrected chi connectivity index (χ1v) is 5.25. The van der Waals surface area contributed by atoms with E-state index in [1.54, 1.807) is 24.3 Å². The van der Waals surface area contributed by atoms with Crippen molar-refractivity contribution in [1.82, 2.24) is 5.32 Å². The van der Waals surface area contributed by atoms with Gasteiger partial charge in [0.15, 0.2) is 0 Å². The number of amides is 1. The molecule has 0 radical (unpaired) electrons. The highest BCUT2D eigenvalue weighted by Crippen LogP contribution is 2.20. The van der Waals surface area contributed by atoms with Crippen molar-refractivity contribution in [1.29, 1.82) is 0 Å². The molecule has 1 amide bonds. The Labute approximate surface area is 98.5 Å². The molecule has 17 heavy (non-hydrogen) atoms. The number of hydrogen-bond donors (Lipinski definition) is 1. The molecule has 1 aromatic rings. The van der Waals surface area contributed by atoms with E-state index in [9.17, 15) is 9.59 Å². The zero-order valence-corrected chi connectivity index (χ0v) is 9.40. The van der Waals surface area contributed by atoms with Gasteiger partial charge in [-0.05, 0) is 12.1 Å². The van der Waals surface area contributed by atoms with Crippen LogP contribution in [0.25, 0.3) is 0 Å². The molecule has 5 nitrogen and oxygen atoms in total. The lowest BCUT2D eigenvalue weighted by atomic mass is 10.2. The van der Waals surface area contributed by atoms with Crippen LogP contribution in [-0.4, -0.2) is 24.8 Å². The first kappa shape index (κ1) is 11.3. The van der Waals surface area contributed by atoms with E-state index in [1.807, 2.05) is 0 Å².